The summed E-state index contributed by atoms with van der Waals surface area (Å²) >= 11 is 0. The third kappa shape index (κ3) is 3.56. The van der Waals surface area contributed by atoms with E-state index in [9.17, 15) is 0 Å². The summed E-state index contributed by atoms with van der Waals surface area (Å²) in [6.07, 6.45) is 0. The zero-order chi connectivity index (χ0) is 11.5. The van der Waals surface area contributed by atoms with Crippen LogP contribution in [0.4, 0.5) is 0 Å². The van der Waals surface area contributed by atoms with Gasteiger partial charge in [-0.3, -0.25) is 0 Å². The zero-order valence-electron chi connectivity index (χ0n) is 10.1. The van der Waals surface area contributed by atoms with E-state index in [4.69, 9.17) is 10.5 Å². The van der Waals surface area contributed by atoms with Crippen molar-refractivity contribution in [1.29, 1.82) is 0 Å². The zero-order valence-corrected chi connectivity index (χ0v) is 10.1. The molecule has 1 rings (SSSR count). The lowest BCUT2D eigenvalue weighted by atomic mass is 9.95. The Hall–Kier alpha value is -1.02. The number of nitrogens with two attached hydrogens (primary N) is 1. The quantitative estimate of drug-likeness (QED) is 0.823. The minimum absolute atomic E-state index is 0.0405. The van der Waals surface area contributed by atoms with Crippen molar-refractivity contribution in [1.82, 2.24) is 0 Å². The van der Waals surface area contributed by atoms with E-state index in [1.165, 1.54) is 11.1 Å². The summed E-state index contributed by atoms with van der Waals surface area (Å²) in [5.74, 6) is 0.930. The van der Waals surface area contributed by atoms with Crippen LogP contribution in [0.1, 0.15) is 25.0 Å². The van der Waals surface area contributed by atoms with Crippen molar-refractivity contribution in [3.05, 3.63) is 29.3 Å². The van der Waals surface area contributed by atoms with Gasteiger partial charge in [0.05, 0.1) is 6.61 Å². The van der Waals surface area contributed by atoms with Gasteiger partial charge in [-0.25, -0.2) is 0 Å². The fourth-order valence-corrected chi connectivity index (χ4v) is 1.14. The highest BCUT2D eigenvalue weighted by atomic mass is 16.5. The van der Waals surface area contributed by atoms with Gasteiger partial charge in [0, 0.05) is 12.0 Å². The first-order valence-electron chi connectivity index (χ1n) is 5.35. The van der Waals surface area contributed by atoms with Gasteiger partial charge in [-0.15, -0.1) is 0 Å². The molecule has 0 unspecified atom stereocenters. The summed E-state index contributed by atoms with van der Waals surface area (Å²) in [6, 6.07) is 6.16. The van der Waals surface area contributed by atoms with Gasteiger partial charge in [0.1, 0.15) is 5.75 Å². The molecule has 15 heavy (non-hydrogen) atoms. The molecule has 0 bridgehead atoms. The number of hydrogen-bond acceptors (Lipinski definition) is 2. The molecule has 0 radical (unpaired) electrons. The van der Waals surface area contributed by atoms with Crippen LogP contribution in [0, 0.1) is 19.3 Å². The number of aryl methyl sites for hydroxylation is 2. The second kappa shape index (κ2) is 4.67. The van der Waals surface area contributed by atoms with Crippen LogP contribution in [0.5, 0.6) is 5.75 Å². The fourth-order valence-electron chi connectivity index (χ4n) is 1.14. The molecule has 0 fully saturated rings. The van der Waals surface area contributed by atoms with Crippen molar-refractivity contribution in [3.8, 4) is 5.75 Å². The smallest absolute Gasteiger partial charge is 0.119 e. The molecule has 0 aromatic heterocycles. The Bertz CT molecular complexity index is 331. The maximum Gasteiger partial charge on any atom is 0.119 e. The first-order valence-corrected chi connectivity index (χ1v) is 5.35. The molecule has 0 spiro atoms. The SMILES string of the molecule is Cc1ccc(OCC(C)(C)CN)cc1C. The number of hydrogen-bond donors (Lipinski definition) is 1. The van der Waals surface area contributed by atoms with E-state index in [1.807, 2.05) is 6.07 Å². The average molecular weight is 207 g/mol. The minimum atomic E-state index is 0.0405. The van der Waals surface area contributed by atoms with Crippen molar-refractivity contribution >= 4 is 0 Å². The van der Waals surface area contributed by atoms with Crippen LogP contribution in [0.15, 0.2) is 18.2 Å². The summed E-state index contributed by atoms with van der Waals surface area (Å²) < 4.78 is 5.72. The Morgan fingerprint density at radius 3 is 2.40 bits per heavy atom. The van der Waals surface area contributed by atoms with Crippen molar-refractivity contribution in [2.24, 2.45) is 11.1 Å². The molecule has 0 saturated carbocycles. The predicted molar refractivity (Wildman–Crippen MR) is 64.2 cm³/mol. The van der Waals surface area contributed by atoms with E-state index in [0.717, 1.165) is 5.75 Å². The third-order valence-electron chi connectivity index (χ3n) is 2.66. The van der Waals surface area contributed by atoms with Gasteiger partial charge in [-0.2, -0.15) is 0 Å². The minimum Gasteiger partial charge on any atom is -0.493 e. The third-order valence-corrected chi connectivity index (χ3v) is 2.66. The summed E-state index contributed by atoms with van der Waals surface area (Å²) in [6.45, 7) is 9.70. The largest absolute Gasteiger partial charge is 0.493 e. The summed E-state index contributed by atoms with van der Waals surface area (Å²) in [5.41, 5.74) is 8.24. The highest BCUT2D eigenvalue weighted by Crippen LogP contribution is 2.20. The van der Waals surface area contributed by atoms with E-state index < -0.39 is 0 Å². The lowest BCUT2D eigenvalue weighted by Crippen LogP contribution is -2.30. The van der Waals surface area contributed by atoms with Gasteiger partial charge in [0.2, 0.25) is 0 Å². The molecule has 0 atom stereocenters. The van der Waals surface area contributed by atoms with Gasteiger partial charge in [0.15, 0.2) is 0 Å². The maximum atomic E-state index is 5.72. The fraction of sp³-hybridized carbons (Fsp3) is 0.538. The Labute approximate surface area is 92.4 Å². The molecule has 0 aliphatic carbocycles. The predicted octanol–water partition coefficient (Wildman–Crippen LogP) is 2.67. The lowest BCUT2D eigenvalue weighted by Gasteiger charge is -2.22. The van der Waals surface area contributed by atoms with Crippen LogP contribution in [0.25, 0.3) is 0 Å². The van der Waals surface area contributed by atoms with Gasteiger partial charge in [0.25, 0.3) is 0 Å². The second-order valence-electron chi connectivity index (χ2n) is 4.90. The van der Waals surface area contributed by atoms with Crippen LogP contribution < -0.4 is 10.5 Å². The normalized spacial score (nSPS) is 11.5. The highest BCUT2D eigenvalue weighted by Gasteiger charge is 2.16. The Kier molecular flexibility index (Phi) is 3.75. The first kappa shape index (κ1) is 12.1. The summed E-state index contributed by atoms with van der Waals surface area (Å²) in [4.78, 5) is 0. The highest BCUT2D eigenvalue weighted by molar-refractivity contribution is 5.33. The Morgan fingerprint density at radius 2 is 1.87 bits per heavy atom. The van der Waals surface area contributed by atoms with Crippen LogP contribution >= 0.6 is 0 Å². The molecule has 0 aliphatic heterocycles. The molecular weight excluding hydrogens is 186 g/mol. The van der Waals surface area contributed by atoms with Crippen molar-refractivity contribution in [3.63, 3.8) is 0 Å². The molecule has 2 N–H and O–H groups in total. The van der Waals surface area contributed by atoms with Crippen LogP contribution in [0.2, 0.25) is 0 Å². The monoisotopic (exact) mass is 207 g/mol. The van der Waals surface area contributed by atoms with E-state index in [0.29, 0.717) is 13.2 Å². The van der Waals surface area contributed by atoms with Crippen LogP contribution in [-0.4, -0.2) is 13.2 Å². The molecule has 2 nitrogen and oxygen atoms in total. The van der Waals surface area contributed by atoms with Gasteiger partial charge in [-0.1, -0.05) is 19.9 Å². The second-order valence-corrected chi connectivity index (χ2v) is 4.90. The van der Waals surface area contributed by atoms with E-state index >= 15 is 0 Å². The van der Waals surface area contributed by atoms with Crippen molar-refractivity contribution in [2.75, 3.05) is 13.2 Å². The van der Waals surface area contributed by atoms with Crippen molar-refractivity contribution in [2.45, 2.75) is 27.7 Å². The number of rotatable bonds is 4. The van der Waals surface area contributed by atoms with Gasteiger partial charge < -0.3 is 10.5 Å². The van der Waals surface area contributed by atoms with E-state index in [-0.39, 0.29) is 5.41 Å². The van der Waals surface area contributed by atoms with Crippen molar-refractivity contribution < 1.29 is 4.74 Å². The molecule has 84 valence electrons. The molecule has 1 aromatic carbocycles. The van der Waals surface area contributed by atoms with E-state index in [1.54, 1.807) is 0 Å². The molecule has 0 saturated heterocycles. The summed E-state index contributed by atoms with van der Waals surface area (Å²) in [7, 11) is 0. The Morgan fingerprint density at radius 1 is 1.20 bits per heavy atom. The molecule has 0 heterocycles. The molecule has 1 aromatic rings. The standard InChI is InChI=1S/C13H21NO/c1-10-5-6-12(7-11(10)2)15-9-13(3,4)8-14/h5-7H,8-9,14H2,1-4H3. The first-order chi connectivity index (χ1) is 6.94. The number of ether oxygens (including phenoxy) is 1. The Balaban J connectivity index is 2.62. The summed E-state index contributed by atoms with van der Waals surface area (Å²) in [5, 5.41) is 0. The molecule has 0 amide bonds. The molecular formula is C13H21NO. The topological polar surface area (TPSA) is 35.2 Å². The van der Waals surface area contributed by atoms with Crippen LogP contribution in [-0.2, 0) is 0 Å². The molecule has 0 aliphatic rings. The van der Waals surface area contributed by atoms with Gasteiger partial charge in [-0.05, 0) is 37.1 Å². The van der Waals surface area contributed by atoms with E-state index in [2.05, 4.69) is 39.8 Å². The average Bonchev–Trinajstić information content (AvgIpc) is 2.20. The molecule has 2 heteroatoms. The maximum absolute atomic E-state index is 5.72. The number of benzene rings is 1. The van der Waals surface area contributed by atoms with Crippen LogP contribution in [0.3, 0.4) is 0 Å². The van der Waals surface area contributed by atoms with Gasteiger partial charge >= 0.3 is 0 Å². The lowest BCUT2D eigenvalue weighted by molar-refractivity contribution is 0.187.